The first-order valence-corrected chi connectivity index (χ1v) is 8.76. The van der Waals surface area contributed by atoms with Gasteiger partial charge in [0.25, 0.3) is 5.91 Å². The number of aromatic nitrogens is 2. The third-order valence-electron chi connectivity index (χ3n) is 4.73. The van der Waals surface area contributed by atoms with Crippen LogP contribution in [-0.2, 0) is 0 Å². The molecule has 1 atom stereocenters. The second kappa shape index (κ2) is 7.35. The minimum absolute atomic E-state index is 0.0976. The largest absolute Gasteiger partial charge is 0.338 e. The zero-order valence-corrected chi connectivity index (χ0v) is 15.1. The van der Waals surface area contributed by atoms with Gasteiger partial charge < -0.3 is 10.2 Å². The Morgan fingerprint density at radius 2 is 2.16 bits per heavy atom. The lowest BCUT2D eigenvalue weighted by atomic mass is 9.97. The number of carbonyl (C=O) groups is 1. The summed E-state index contributed by atoms with van der Waals surface area (Å²) in [6, 6.07) is 6.56. The van der Waals surface area contributed by atoms with Crippen molar-refractivity contribution < 1.29 is 9.18 Å². The maximum absolute atomic E-state index is 14.6. The number of nitrogens with one attached hydrogen (secondary N) is 1. The molecular formula is C19H25FN4O. The van der Waals surface area contributed by atoms with Gasteiger partial charge in [0.1, 0.15) is 11.5 Å². The van der Waals surface area contributed by atoms with Crippen molar-refractivity contribution in [2.45, 2.75) is 26.7 Å². The number of aryl methyl sites for hydroxylation is 2. The van der Waals surface area contributed by atoms with Crippen molar-refractivity contribution in [3.05, 3.63) is 47.0 Å². The molecule has 1 N–H and O–H groups in total. The van der Waals surface area contributed by atoms with Crippen LogP contribution in [0.2, 0.25) is 0 Å². The van der Waals surface area contributed by atoms with E-state index in [4.69, 9.17) is 0 Å². The molecule has 25 heavy (non-hydrogen) atoms. The van der Waals surface area contributed by atoms with Crippen LogP contribution in [0.1, 0.15) is 34.6 Å². The van der Waals surface area contributed by atoms with Crippen LogP contribution in [0.5, 0.6) is 0 Å². The Morgan fingerprint density at radius 3 is 2.80 bits per heavy atom. The zero-order valence-electron chi connectivity index (χ0n) is 15.1. The molecule has 1 unspecified atom stereocenters. The molecule has 1 fully saturated rings. The van der Waals surface area contributed by atoms with Gasteiger partial charge in [0, 0.05) is 24.3 Å². The van der Waals surface area contributed by atoms with Crippen molar-refractivity contribution in [3.63, 3.8) is 0 Å². The average Bonchev–Trinajstić information content (AvgIpc) is 2.93. The Kier molecular flexibility index (Phi) is 5.18. The van der Waals surface area contributed by atoms with E-state index in [0.717, 1.165) is 43.9 Å². The molecule has 0 saturated carbocycles. The molecule has 0 aliphatic carbocycles. The smallest absolute Gasteiger partial charge is 0.253 e. The predicted molar refractivity (Wildman–Crippen MR) is 95.6 cm³/mol. The molecule has 0 radical (unpaired) electrons. The summed E-state index contributed by atoms with van der Waals surface area (Å²) in [5.74, 6) is -0.0676. The van der Waals surface area contributed by atoms with Gasteiger partial charge in [-0.25, -0.2) is 9.07 Å². The van der Waals surface area contributed by atoms with E-state index in [2.05, 4.69) is 10.4 Å². The van der Waals surface area contributed by atoms with Gasteiger partial charge in [-0.1, -0.05) is 0 Å². The average molecular weight is 344 g/mol. The van der Waals surface area contributed by atoms with Crippen molar-refractivity contribution in [1.29, 1.82) is 0 Å². The summed E-state index contributed by atoms with van der Waals surface area (Å²) in [7, 11) is 1.92. The van der Waals surface area contributed by atoms with E-state index in [1.54, 1.807) is 16.8 Å². The number of carbonyl (C=O) groups excluding carboxylic acids is 1. The number of rotatable bonds is 4. The third-order valence-corrected chi connectivity index (χ3v) is 4.73. The molecule has 0 bridgehead atoms. The first kappa shape index (κ1) is 17.6. The maximum Gasteiger partial charge on any atom is 0.253 e. The van der Waals surface area contributed by atoms with Crippen molar-refractivity contribution in [3.8, 4) is 5.69 Å². The molecule has 5 nitrogen and oxygen atoms in total. The van der Waals surface area contributed by atoms with E-state index in [0.29, 0.717) is 17.2 Å². The maximum atomic E-state index is 14.6. The molecule has 1 aliphatic heterocycles. The van der Waals surface area contributed by atoms with Gasteiger partial charge in [-0.2, -0.15) is 5.10 Å². The second-order valence-corrected chi connectivity index (χ2v) is 6.82. The molecule has 3 rings (SSSR count). The second-order valence-electron chi connectivity index (χ2n) is 6.82. The Hall–Kier alpha value is -2.21. The van der Waals surface area contributed by atoms with E-state index in [1.165, 1.54) is 6.07 Å². The molecule has 1 amide bonds. The van der Waals surface area contributed by atoms with Gasteiger partial charge in [-0.15, -0.1) is 0 Å². The molecule has 134 valence electrons. The van der Waals surface area contributed by atoms with Gasteiger partial charge in [-0.05, 0) is 70.5 Å². The summed E-state index contributed by atoms with van der Waals surface area (Å²) in [4.78, 5) is 14.6. The number of likely N-dealkylation sites (tertiary alicyclic amines) is 1. The molecule has 1 aromatic heterocycles. The van der Waals surface area contributed by atoms with Crippen LogP contribution >= 0.6 is 0 Å². The highest BCUT2D eigenvalue weighted by molar-refractivity contribution is 5.94. The van der Waals surface area contributed by atoms with Crippen molar-refractivity contribution in [2.24, 2.45) is 5.92 Å². The summed E-state index contributed by atoms with van der Waals surface area (Å²) in [6.45, 7) is 6.11. The topological polar surface area (TPSA) is 50.2 Å². The first-order chi connectivity index (χ1) is 12.0. The SMILES string of the molecule is CNCC1CCCN(C(=O)c2ccc(-n3nc(C)cc3C)c(F)c2)C1. The van der Waals surface area contributed by atoms with Crippen LogP contribution in [0.4, 0.5) is 4.39 Å². The molecule has 0 spiro atoms. The van der Waals surface area contributed by atoms with Gasteiger partial charge in [0.2, 0.25) is 0 Å². The molecule has 1 aliphatic rings. The normalized spacial score (nSPS) is 17.8. The van der Waals surface area contributed by atoms with Crippen molar-refractivity contribution in [2.75, 3.05) is 26.7 Å². The van der Waals surface area contributed by atoms with E-state index < -0.39 is 5.82 Å². The number of piperidine rings is 1. The fourth-order valence-electron chi connectivity index (χ4n) is 3.57. The minimum Gasteiger partial charge on any atom is -0.338 e. The Labute approximate surface area is 147 Å². The highest BCUT2D eigenvalue weighted by Crippen LogP contribution is 2.21. The number of hydrogen-bond donors (Lipinski definition) is 1. The summed E-state index contributed by atoms with van der Waals surface area (Å²) >= 11 is 0. The van der Waals surface area contributed by atoms with E-state index >= 15 is 0 Å². The fourth-order valence-corrected chi connectivity index (χ4v) is 3.57. The molecule has 2 aromatic rings. The zero-order chi connectivity index (χ0) is 18.0. The molecular weight excluding hydrogens is 319 g/mol. The van der Waals surface area contributed by atoms with Gasteiger partial charge in [-0.3, -0.25) is 4.79 Å². The van der Waals surface area contributed by atoms with Crippen LogP contribution in [0.25, 0.3) is 5.69 Å². The quantitative estimate of drug-likeness (QED) is 0.928. The van der Waals surface area contributed by atoms with Crippen LogP contribution in [0, 0.1) is 25.6 Å². The van der Waals surface area contributed by atoms with Crippen LogP contribution in [0.3, 0.4) is 0 Å². The lowest BCUT2D eigenvalue weighted by Gasteiger charge is -2.32. The number of nitrogens with zero attached hydrogens (tertiary/aromatic N) is 3. The Bertz CT molecular complexity index is 769. The highest BCUT2D eigenvalue weighted by Gasteiger charge is 2.24. The number of amides is 1. The number of halogens is 1. The van der Waals surface area contributed by atoms with Gasteiger partial charge in [0.05, 0.1) is 5.69 Å². The lowest BCUT2D eigenvalue weighted by molar-refractivity contribution is 0.0674. The number of hydrogen-bond acceptors (Lipinski definition) is 3. The molecule has 1 aromatic carbocycles. The van der Waals surface area contributed by atoms with E-state index in [1.807, 2.05) is 31.9 Å². The van der Waals surface area contributed by atoms with Crippen LogP contribution in [0.15, 0.2) is 24.3 Å². The van der Waals surface area contributed by atoms with Crippen LogP contribution < -0.4 is 5.32 Å². The predicted octanol–water partition coefficient (Wildman–Crippen LogP) is 2.70. The van der Waals surface area contributed by atoms with Crippen molar-refractivity contribution >= 4 is 5.91 Å². The van der Waals surface area contributed by atoms with E-state index in [9.17, 15) is 9.18 Å². The Morgan fingerprint density at radius 1 is 1.36 bits per heavy atom. The minimum atomic E-state index is -0.430. The van der Waals surface area contributed by atoms with Gasteiger partial charge >= 0.3 is 0 Å². The summed E-state index contributed by atoms with van der Waals surface area (Å²) in [5.41, 5.74) is 2.46. The highest BCUT2D eigenvalue weighted by atomic mass is 19.1. The summed E-state index contributed by atoms with van der Waals surface area (Å²) in [6.07, 6.45) is 2.11. The van der Waals surface area contributed by atoms with E-state index in [-0.39, 0.29) is 5.91 Å². The summed E-state index contributed by atoms with van der Waals surface area (Å²) in [5, 5.41) is 7.48. The molecule has 6 heteroatoms. The van der Waals surface area contributed by atoms with Crippen molar-refractivity contribution in [1.82, 2.24) is 20.0 Å². The summed E-state index contributed by atoms with van der Waals surface area (Å²) < 4.78 is 16.2. The fraction of sp³-hybridized carbons (Fsp3) is 0.474. The van der Waals surface area contributed by atoms with Gasteiger partial charge in [0.15, 0.2) is 0 Å². The lowest BCUT2D eigenvalue weighted by Crippen LogP contribution is -2.42. The molecule has 2 heterocycles. The number of benzene rings is 1. The molecule has 1 saturated heterocycles. The third kappa shape index (κ3) is 3.74. The standard InChI is InChI=1S/C19H25FN4O/c1-13-9-14(2)24(22-13)18-7-6-16(10-17(18)20)19(25)23-8-4-5-15(12-23)11-21-3/h6-7,9-10,15,21H,4-5,8,11-12H2,1-3H3. The Balaban J connectivity index is 1.80. The monoisotopic (exact) mass is 344 g/mol. The first-order valence-electron chi connectivity index (χ1n) is 8.76. The van der Waals surface area contributed by atoms with Crippen LogP contribution in [-0.4, -0.2) is 47.3 Å².